The van der Waals surface area contributed by atoms with Crippen LogP contribution in [0.2, 0.25) is 0 Å². The minimum atomic E-state index is -0.807. The zero-order valence-electron chi connectivity index (χ0n) is 17.8. The van der Waals surface area contributed by atoms with Gasteiger partial charge < -0.3 is 20.1 Å². The number of aliphatic hydroxyl groups excluding tert-OH is 2. The average Bonchev–Trinajstić information content (AvgIpc) is 3.01. The number of hydrogen-bond acceptors (Lipinski definition) is 5. The van der Waals surface area contributed by atoms with Crippen LogP contribution in [0.3, 0.4) is 0 Å². The first-order valence-electron chi connectivity index (χ1n) is 11.0. The highest BCUT2D eigenvalue weighted by atomic mass is 32.1. The number of aliphatic carboxylic acids is 1. The standard InChI is InChI=1S/C24H34O6S/c25-18(13-12-17-8-4-3-5-9-17)14-15-19-20(10-6-1-2-7-11-23(27)28)22(16-21(19)26)30-24(29)31/h1,3-6,8-9,18-22,25-26H,2,7,10-16H2,(H,27,28)(H,29,31)/b6-1-/t18-,19+,20+,21+,22-/m0/s1. The van der Waals surface area contributed by atoms with Crippen molar-refractivity contribution in [3.05, 3.63) is 48.0 Å². The lowest BCUT2D eigenvalue weighted by molar-refractivity contribution is -0.137. The fraction of sp³-hybridized carbons (Fsp3) is 0.583. The number of allylic oxidation sites excluding steroid dienone is 2. The summed E-state index contributed by atoms with van der Waals surface area (Å²) in [5.74, 6) is -0.935. The number of rotatable bonds is 13. The SMILES string of the molecule is O=C(O)CCC/C=C\C[C@@H]1[C@@H](CC[C@@H](O)CCc2ccccc2)[C@H](O)C[C@@H]1OC(=O)S. The summed E-state index contributed by atoms with van der Waals surface area (Å²) < 4.78 is 5.34. The lowest BCUT2D eigenvalue weighted by Gasteiger charge is -2.25. The zero-order chi connectivity index (χ0) is 22.6. The summed E-state index contributed by atoms with van der Waals surface area (Å²) in [6.07, 6.45) is 7.53. The number of unbranched alkanes of at least 4 members (excludes halogenated alkanes) is 1. The lowest BCUT2D eigenvalue weighted by Crippen LogP contribution is -2.25. The van der Waals surface area contributed by atoms with E-state index in [1.54, 1.807) is 0 Å². The molecule has 1 fully saturated rings. The molecule has 7 heteroatoms. The van der Waals surface area contributed by atoms with Crippen molar-refractivity contribution in [1.82, 2.24) is 0 Å². The summed E-state index contributed by atoms with van der Waals surface area (Å²) in [5, 5.41) is 29.1. The topological polar surface area (TPSA) is 104 Å². The first kappa shape index (κ1) is 25.4. The van der Waals surface area contributed by atoms with Crippen molar-refractivity contribution < 1.29 is 29.6 Å². The van der Waals surface area contributed by atoms with Gasteiger partial charge in [0.2, 0.25) is 0 Å². The molecule has 1 aliphatic carbocycles. The van der Waals surface area contributed by atoms with E-state index in [0.717, 1.165) is 6.42 Å². The molecule has 2 rings (SSSR count). The molecule has 0 amide bonds. The zero-order valence-corrected chi connectivity index (χ0v) is 18.7. The van der Waals surface area contributed by atoms with Gasteiger partial charge in [0, 0.05) is 18.8 Å². The van der Waals surface area contributed by atoms with Crippen molar-refractivity contribution >= 4 is 23.9 Å². The Hall–Kier alpha value is -1.83. The summed E-state index contributed by atoms with van der Waals surface area (Å²) in [5.41, 5.74) is 1.19. The molecule has 0 radical (unpaired) electrons. The molecule has 5 atom stereocenters. The summed E-state index contributed by atoms with van der Waals surface area (Å²) in [4.78, 5) is 22.0. The number of carbonyl (C=O) groups excluding carboxylic acids is 1. The number of hydrogen-bond donors (Lipinski definition) is 4. The smallest absolute Gasteiger partial charge is 0.364 e. The number of carbonyl (C=O) groups is 2. The number of ether oxygens (including phenoxy) is 1. The van der Waals surface area contributed by atoms with Gasteiger partial charge in [-0.05, 0) is 56.4 Å². The van der Waals surface area contributed by atoms with Crippen LogP contribution in [0.5, 0.6) is 0 Å². The fourth-order valence-corrected chi connectivity index (χ4v) is 4.53. The lowest BCUT2D eigenvalue weighted by atomic mass is 9.85. The molecule has 0 bridgehead atoms. The van der Waals surface area contributed by atoms with Gasteiger partial charge >= 0.3 is 11.3 Å². The van der Waals surface area contributed by atoms with Crippen molar-refractivity contribution in [3.63, 3.8) is 0 Å². The predicted octanol–water partition coefficient (Wildman–Crippen LogP) is 4.39. The van der Waals surface area contributed by atoms with E-state index in [0.29, 0.717) is 44.9 Å². The molecule has 6 nitrogen and oxygen atoms in total. The minimum absolute atomic E-state index is 0.0526. The van der Waals surface area contributed by atoms with Gasteiger partial charge in [0.15, 0.2) is 0 Å². The summed E-state index contributed by atoms with van der Waals surface area (Å²) in [6.45, 7) is 0. The van der Waals surface area contributed by atoms with E-state index in [-0.39, 0.29) is 18.3 Å². The predicted molar refractivity (Wildman–Crippen MR) is 122 cm³/mol. The van der Waals surface area contributed by atoms with E-state index in [1.807, 2.05) is 42.5 Å². The molecule has 0 saturated heterocycles. The molecule has 0 heterocycles. The van der Waals surface area contributed by atoms with Crippen LogP contribution in [0.1, 0.15) is 56.9 Å². The van der Waals surface area contributed by atoms with E-state index >= 15 is 0 Å². The van der Waals surface area contributed by atoms with Crippen molar-refractivity contribution in [2.45, 2.75) is 76.1 Å². The van der Waals surface area contributed by atoms with Gasteiger partial charge in [-0.3, -0.25) is 4.79 Å². The Bertz CT molecular complexity index is 707. The van der Waals surface area contributed by atoms with Crippen LogP contribution in [-0.2, 0) is 16.0 Å². The van der Waals surface area contributed by atoms with Crippen LogP contribution in [0.15, 0.2) is 42.5 Å². The molecule has 0 aromatic heterocycles. The van der Waals surface area contributed by atoms with Crippen LogP contribution >= 0.6 is 12.6 Å². The Morgan fingerprint density at radius 1 is 1.16 bits per heavy atom. The third-order valence-corrected chi connectivity index (χ3v) is 6.13. The second-order valence-electron chi connectivity index (χ2n) is 8.30. The number of aryl methyl sites for hydroxylation is 1. The largest absolute Gasteiger partial charge is 0.481 e. The van der Waals surface area contributed by atoms with Crippen molar-refractivity contribution in [2.24, 2.45) is 11.8 Å². The molecule has 1 aromatic rings. The number of benzene rings is 1. The van der Waals surface area contributed by atoms with E-state index < -0.39 is 29.6 Å². The van der Waals surface area contributed by atoms with E-state index in [4.69, 9.17) is 9.84 Å². The Morgan fingerprint density at radius 2 is 1.90 bits per heavy atom. The van der Waals surface area contributed by atoms with Gasteiger partial charge in [-0.2, -0.15) is 0 Å². The molecule has 172 valence electrons. The average molecular weight is 451 g/mol. The highest BCUT2D eigenvalue weighted by Gasteiger charge is 2.43. The maximum Gasteiger partial charge on any atom is 0.364 e. The second kappa shape index (κ2) is 13.6. The van der Waals surface area contributed by atoms with Crippen molar-refractivity contribution in [1.29, 1.82) is 0 Å². The number of carboxylic acid groups (broad SMARTS) is 1. The van der Waals surface area contributed by atoms with Crippen molar-refractivity contribution in [3.8, 4) is 0 Å². The fourth-order valence-electron chi connectivity index (χ4n) is 4.40. The number of thiol groups is 1. The molecule has 1 aliphatic rings. The van der Waals surface area contributed by atoms with Crippen LogP contribution < -0.4 is 0 Å². The first-order chi connectivity index (χ1) is 14.9. The second-order valence-corrected chi connectivity index (χ2v) is 8.67. The number of aliphatic hydroxyl groups is 2. The summed E-state index contributed by atoms with van der Waals surface area (Å²) in [7, 11) is 0. The molecular formula is C24H34O6S. The minimum Gasteiger partial charge on any atom is -0.481 e. The van der Waals surface area contributed by atoms with Crippen molar-refractivity contribution in [2.75, 3.05) is 0 Å². The van der Waals surface area contributed by atoms with Crippen LogP contribution in [0, 0.1) is 11.8 Å². The van der Waals surface area contributed by atoms with Crippen LogP contribution in [0.25, 0.3) is 0 Å². The molecular weight excluding hydrogens is 416 g/mol. The molecule has 31 heavy (non-hydrogen) atoms. The Morgan fingerprint density at radius 3 is 2.58 bits per heavy atom. The molecule has 1 saturated carbocycles. The van der Waals surface area contributed by atoms with Gasteiger partial charge in [0.25, 0.3) is 0 Å². The van der Waals surface area contributed by atoms with Crippen LogP contribution in [0.4, 0.5) is 4.79 Å². The van der Waals surface area contributed by atoms with E-state index in [1.165, 1.54) is 5.56 Å². The van der Waals surface area contributed by atoms with Gasteiger partial charge in [-0.1, -0.05) is 55.1 Å². The third kappa shape index (κ3) is 9.46. The molecule has 1 aromatic carbocycles. The van der Waals surface area contributed by atoms with Crippen LogP contribution in [-0.4, -0.2) is 44.9 Å². The quantitative estimate of drug-likeness (QED) is 0.154. The van der Waals surface area contributed by atoms with Gasteiger partial charge in [-0.15, -0.1) is 0 Å². The normalized spacial score (nSPS) is 24.4. The summed E-state index contributed by atoms with van der Waals surface area (Å²) >= 11 is 3.72. The Labute approximate surface area is 189 Å². The highest BCUT2D eigenvalue weighted by molar-refractivity contribution is 7.96. The van der Waals surface area contributed by atoms with Gasteiger partial charge in [0.05, 0.1) is 12.2 Å². The maximum absolute atomic E-state index is 11.4. The molecule has 0 aliphatic heterocycles. The Kier molecular flexibility index (Phi) is 11.1. The van der Waals surface area contributed by atoms with E-state index in [2.05, 4.69) is 12.6 Å². The first-order valence-corrected chi connectivity index (χ1v) is 11.5. The van der Waals surface area contributed by atoms with E-state index in [9.17, 15) is 19.8 Å². The summed E-state index contributed by atoms with van der Waals surface area (Å²) in [6, 6.07) is 10.0. The number of carboxylic acids is 1. The van der Waals surface area contributed by atoms with Gasteiger partial charge in [-0.25, -0.2) is 4.79 Å². The molecule has 0 spiro atoms. The molecule has 0 unspecified atom stereocenters. The maximum atomic E-state index is 11.4. The molecule has 3 N–H and O–H groups in total. The Balaban J connectivity index is 1.87. The van der Waals surface area contributed by atoms with Gasteiger partial charge in [0.1, 0.15) is 6.10 Å². The highest BCUT2D eigenvalue weighted by Crippen LogP contribution is 2.40. The third-order valence-electron chi connectivity index (χ3n) is 6.03. The monoisotopic (exact) mass is 450 g/mol.